The summed E-state index contributed by atoms with van der Waals surface area (Å²) in [5.41, 5.74) is 15.3. The number of nitrogens with zero attached hydrogens (tertiary/aromatic N) is 5. The molecule has 0 saturated carbocycles. The fourth-order valence-electron chi connectivity index (χ4n) is 3.89. The summed E-state index contributed by atoms with van der Waals surface area (Å²) >= 11 is 0. The van der Waals surface area contributed by atoms with Crippen molar-refractivity contribution in [2.24, 2.45) is 5.73 Å². The molecule has 3 aromatic heterocycles. The number of aryl methyl sites for hydroxylation is 2. The number of benzene rings is 2. The Morgan fingerprint density at radius 3 is 2.69 bits per heavy atom. The lowest BCUT2D eigenvalue weighted by Gasteiger charge is -2.16. The quantitative estimate of drug-likeness (QED) is 0.303. The van der Waals surface area contributed by atoms with E-state index in [1.807, 2.05) is 19.1 Å². The first-order valence-electron chi connectivity index (χ1n) is 10.6. The number of primary amides is 1. The number of nitrogen functional groups attached to an aromatic ring is 1. The van der Waals surface area contributed by atoms with E-state index in [0.29, 0.717) is 34.2 Å². The molecular formula is C24H20FN9O. The Morgan fingerprint density at radius 2 is 1.91 bits per heavy atom. The van der Waals surface area contributed by atoms with Crippen molar-refractivity contribution in [3.63, 3.8) is 0 Å². The number of carbonyl (C=O) groups is 1. The number of H-pyrrole nitrogens is 1. The standard InChI is InChI=1S/C24H20FN9O/c1-11-3-6-16-15(10-29-34-16)19(11)21-20(26)22(23(27)35)33-24(32-21)14-5-4-13(25)9-17(14)31-18-7-8-28-12(2)30-18/h3-10H,26H2,1-2H3,(H2,27,35)(H,29,34)(H,28,30,31). The number of nitrogens with two attached hydrogens (primary N) is 2. The summed E-state index contributed by atoms with van der Waals surface area (Å²) in [4.78, 5) is 29.7. The number of hydrogen-bond acceptors (Lipinski definition) is 8. The summed E-state index contributed by atoms with van der Waals surface area (Å²) in [6, 6.07) is 9.50. The van der Waals surface area contributed by atoms with Gasteiger partial charge in [0.25, 0.3) is 5.91 Å². The van der Waals surface area contributed by atoms with Gasteiger partial charge in [0.1, 0.15) is 17.5 Å². The van der Waals surface area contributed by atoms with Crippen LogP contribution in [0.4, 0.5) is 21.6 Å². The fraction of sp³-hybridized carbons (Fsp3) is 0.0833. The molecule has 35 heavy (non-hydrogen) atoms. The Morgan fingerprint density at radius 1 is 1.09 bits per heavy atom. The molecule has 0 bridgehead atoms. The highest BCUT2D eigenvalue weighted by Crippen LogP contribution is 2.37. The van der Waals surface area contributed by atoms with Crippen LogP contribution in [0.5, 0.6) is 0 Å². The molecule has 0 aliphatic rings. The van der Waals surface area contributed by atoms with Crippen molar-refractivity contribution in [1.29, 1.82) is 0 Å². The first-order valence-corrected chi connectivity index (χ1v) is 10.6. The zero-order valence-corrected chi connectivity index (χ0v) is 18.8. The van der Waals surface area contributed by atoms with Gasteiger partial charge in [-0.15, -0.1) is 0 Å². The van der Waals surface area contributed by atoms with E-state index in [1.165, 1.54) is 18.2 Å². The first-order chi connectivity index (χ1) is 16.8. The molecule has 1 amide bonds. The van der Waals surface area contributed by atoms with E-state index in [1.54, 1.807) is 25.4 Å². The molecular weight excluding hydrogens is 449 g/mol. The van der Waals surface area contributed by atoms with Crippen LogP contribution >= 0.6 is 0 Å². The average Bonchev–Trinajstić information content (AvgIpc) is 3.28. The van der Waals surface area contributed by atoms with Crippen LogP contribution in [0.25, 0.3) is 33.5 Å². The van der Waals surface area contributed by atoms with E-state index in [4.69, 9.17) is 16.5 Å². The number of amides is 1. The van der Waals surface area contributed by atoms with Crippen molar-refractivity contribution in [1.82, 2.24) is 30.1 Å². The molecule has 5 aromatic rings. The number of anilines is 3. The van der Waals surface area contributed by atoms with Gasteiger partial charge in [-0.3, -0.25) is 9.89 Å². The molecule has 0 radical (unpaired) electrons. The second-order valence-electron chi connectivity index (χ2n) is 7.92. The number of halogens is 1. The summed E-state index contributed by atoms with van der Waals surface area (Å²) in [5, 5.41) is 10.9. The van der Waals surface area contributed by atoms with E-state index in [0.717, 1.165) is 16.5 Å². The van der Waals surface area contributed by atoms with Crippen molar-refractivity contribution in [3.05, 3.63) is 71.7 Å². The van der Waals surface area contributed by atoms with E-state index in [-0.39, 0.29) is 17.2 Å². The smallest absolute Gasteiger partial charge is 0.269 e. The summed E-state index contributed by atoms with van der Waals surface area (Å²) in [6.45, 7) is 3.64. The van der Waals surface area contributed by atoms with Gasteiger partial charge in [0.05, 0.1) is 28.8 Å². The van der Waals surface area contributed by atoms with Crippen LogP contribution in [-0.4, -0.2) is 36.0 Å². The van der Waals surface area contributed by atoms with Gasteiger partial charge in [0.2, 0.25) is 0 Å². The lowest BCUT2D eigenvalue weighted by Crippen LogP contribution is -2.18. The second kappa shape index (κ2) is 8.45. The van der Waals surface area contributed by atoms with Crippen molar-refractivity contribution >= 4 is 34.0 Å². The minimum Gasteiger partial charge on any atom is -0.395 e. The number of nitrogens with one attached hydrogen (secondary N) is 2. The molecule has 0 spiro atoms. The largest absolute Gasteiger partial charge is 0.395 e. The Balaban J connectivity index is 1.75. The molecule has 2 aromatic carbocycles. The highest BCUT2D eigenvalue weighted by Gasteiger charge is 2.22. The van der Waals surface area contributed by atoms with Gasteiger partial charge in [-0.05, 0) is 49.7 Å². The third-order valence-corrected chi connectivity index (χ3v) is 5.51. The molecule has 11 heteroatoms. The van der Waals surface area contributed by atoms with Crippen molar-refractivity contribution in [3.8, 4) is 22.6 Å². The van der Waals surface area contributed by atoms with Crippen LogP contribution in [0.3, 0.4) is 0 Å². The summed E-state index contributed by atoms with van der Waals surface area (Å²) < 4.78 is 14.2. The van der Waals surface area contributed by atoms with Crippen LogP contribution in [-0.2, 0) is 0 Å². The summed E-state index contributed by atoms with van der Waals surface area (Å²) in [6.07, 6.45) is 3.24. The maximum Gasteiger partial charge on any atom is 0.269 e. The van der Waals surface area contributed by atoms with E-state index in [2.05, 4.69) is 30.5 Å². The van der Waals surface area contributed by atoms with Crippen LogP contribution in [0, 0.1) is 19.7 Å². The fourth-order valence-corrected chi connectivity index (χ4v) is 3.89. The van der Waals surface area contributed by atoms with Crippen molar-refractivity contribution in [2.75, 3.05) is 11.1 Å². The minimum atomic E-state index is -0.813. The Kier molecular flexibility index (Phi) is 5.28. The number of carbonyl (C=O) groups excluding carboxylic acids is 1. The van der Waals surface area contributed by atoms with E-state index >= 15 is 0 Å². The average molecular weight is 469 g/mol. The molecule has 5 rings (SSSR count). The number of hydrogen-bond donors (Lipinski definition) is 4. The van der Waals surface area contributed by atoms with E-state index in [9.17, 15) is 9.18 Å². The second-order valence-corrected chi connectivity index (χ2v) is 7.92. The predicted octanol–water partition coefficient (Wildman–Crippen LogP) is 3.66. The predicted molar refractivity (Wildman–Crippen MR) is 130 cm³/mol. The van der Waals surface area contributed by atoms with Crippen LogP contribution in [0.1, 0.15) is 21.9 Å². The molecule has 0 aliphatic heterocycles. The van der Waals surface area contributed by atoms with Gasteiger partial charge in [-0.1, -0.05) is 6.07 Å². The Labute approximate surface area is 198 Å². The molecule has 0 unspecified atom stereocenters. The lowest BCUT2D eigenvalue weighted by atomic mass is 9.99. The Hall–Kier alpha value is -4.93. The topological polar surface area (TPSA) is 161 Å². The summed E-state index contributed by atoms with van der Waals surface area (Å²) in [7, 11) is 0. The molecule has 0 atom stereocenters. The SMILES string of the molecule is Cc1nccc(Nc2cc(F)ccc2-c2nc(C(N)=O)c(N)c(-c3c(C)ccc4[nH]ncc34)n2)n1. The third-order valence-electron chi connectivity index (χ3n) is 5.51. The monoisotopic (exact) mass is 469 g/mol. The van der Waals surface area contributed by atoms with Gasteiger partial charge < -0.3 is 16.8 Å². The maximum absolute atomic E-state index is 14.2. The van der Waals surface area contributed by atoms with Gasteiger partial charge in [-0.2, -0.15) is 5.10 Å². The highest BCUT2D eigenvalue weighted by molar-refractivity contribution is 6.04. The number of aromatic amines is 1. The maximum atomic E-state index is 14.2. The molecule has 174 valence electrons. The molecule has 3 heterocycles. The number of aromatic nitrogens is 6. The molecule has 6 N–H and O–H groups in total. The van der Waals surface area contributed by atoms with Crippen molar-refractivity contribution < 1.29 is 9.18 Å². The number of fused-ring (bicyclic) bond motifs is 1. The van der Waals surface area contributed by atoms with Gasteiger partial charge in [0.15, 0.2) is 11.5 Å². The van der Waals surface area contributed by atoms with Gasteiger partial charge in [-0.25, -0.2) is 24.3 Å². The zero-order chi connectivity index (χ0) is 24.7. The van der Waals surface area contributed by atoms with Gasteiger partial charge >= 0.3 is 0 Å². The zero-order valence-electron chi connectivity index (χ0n) is 18.8. The molecule has 0 aliphatic carbocycles. The highest BCUT2D eigenvalue weighted by atomic mass is 19.1. The van der Waals surface area contributed by atoms with Crippen LogP contribution in [0.2, 0.25) is 0 Å². The van der Waals surface area contributed by atoms with Crippen LogP contribution < -0.4 is 16.8 Å². The molecule has 0 fully saturated rings. The molecule has 0 saturated heterocycles. The normalized spacial score (nSPS) is 11.1. The minimum absolute atomic E-state index is 0.0427. The first kappa shape index (κ1) is 21.9. The summed E-state index contributed by atoms with van der Waals surface area (Å²) in [5.74, 6) is -0.164. The van der Waals surface area contributed by atoms with E-state index < -0.39 is 11.7 Å². The third kappa shape index (κ3) is 3.99. The van der Waals surface area contributed by atoms with Crippen molar-refractivity contribution in [2.45, 2.75) is 13.8 Å². The Bertz CT molecular complexity index is 1610. The lowest BCUT2D eigenvalue weighted by molar-refractivity contribution is 0.0996. The number of rotatable bonds is 5. The van der Waals surface area contributed by atoms with Crippen LogP contribution in [0.15, 0.2) is 48.8 Å². The molecule has 10 nitrogen and oxygen atoms in total. The van der Waals surface area contributed by atoms with Gasteiger partial charge in [0, 0.05) is 22.7 Å².